The van der Waals surface area contributed by atoms with Crippen molar-refractivity contribution in [2.75, 3.05) is 0 Å². The number of carbonyl (C=O) groups excluding carboxylic acids is 3. The summed E-state index contributed by atoms with van der Waals surface area (Å²) in [6.45, 7) is 2.72. The molecule has 0 aliphatic carbocycles. The molecule has 162 valence electrons. The maximum Gasteiger partial charge on any atom is 0.269 e. The number of benzene rings is 2. The summed E-state index contributed by atoms with van der Waals surface area (Å²) in [5.74, 6) is -2.33. The Morgan fingerprint density at radius 1 is 1.16 bits per heavy atom. The number of amides is 3. The molecule has 0 atom stereocenters. The molecule has 1 aromatic heterocycles. The first-order valence-electron chi connectivity index (χ1n) is 9.37. The van der Waals surface area contributed by atoms with Gasteiger partial charge in [-0.3, -0.25) is 19.1 Å². The van der Waals surface area contributed by atoms with Gasteiger partial charge in [0, 0.05) is 17.5 Å². The highest BCUT2D eigenvalue weighted by molar-refractivity contribution is 6.30. The van der Waals surface area contributed by atoms with Crippen LogP contribution in [0.25, 0.3) is 10.9 Å². The van der Waals surface area contributed by atoms with Crippen molar-refractivity contribution in [3.63, 3.8) is 0 Å². The lowest BCUT2D eigenvalue weighted by Crippen LogP contribution is -2.55. The second-order valence-corrected chi connectivity index (χ2v) is 7.86. The van der Waals surface area contributed by atoms with Crippen LogP contribution >= 0.6 is 11.6 Å². The van der Waals surface area contributed by atoms with Crippen molar-refractivity contribution in [1.82, 2.24) is 20.4 Å². The van der Waals surface area contributed by atoms with Gasteiger partial charge in [0.15, 0.2) is 5.69 Å². The molecular weight excluding hydrogens is 425 g/mol. The van der Waals surface area contributed by atoms with E-state index in [0.717, 1.165) is 0 Å². The first-order chi connectivity index (χ1) is 14.6. The van der Waals surface area contributed by atoms with Crippen molar-refractivity contribution in [3.8, 4) is 0 Å². The van der Waals surface area contributed by atoms with Crippen molar-refractivity contribution >= 4 is 40.2 Å². The summed E-state index contributed by atoms with van der Waals surface area (Å²) in [5.41, 5.74) is 4.92. The summed E-state index contributed by atoms with van der Waals surface area (Å²) < 4.78 is 15.3. The van der Waals surface area contributed by atoms with Gasteiger partial charge in [-0.2, -0.15) is 5.10 Å². The molecule has 4 N–H and O–H groups in total. The minimum Gasteiger partial charge on any atom is -0.364 e. The maximum atomic E-state index is 14.0. The van der Waals surface area contributed by atoms with Crippen LogP contribution in [0.2, 0.25) is 5.02 Å². The van der Waals surface area contributed by atoms with Crippen molar-refractivity contribution in [2.45, 2.75) is 32.5 Å². The largest absolute Gasteiger partial charge is 0.364 e. The van der Waals surface area contributed by atoms with E-state index in [4.69, 9.17) is 17.3 Å². The fraction of sp³-hybridized carbons (Fsp3) is 0.238. The number of primary amides is 1. The molecule has 1 heterocycles. The number of nitrogens with two attached hydrogens (primary N) is 1. The normalized spacial score (nSPS) is 11.4. The number of halogens is 2. The molecular formula is C21H21ClFN5O3. The fourth-order valence-corrected chi connectivity index (χ4v) is 3.29. The van der Waals surface area contributed by atoms with E-state index in [9.17, 15) is 18.8 Å². The summed E-state index contributed by atoms with van der Waals surface area (Å²) in [6.07, 6.45) is 0. The van der Waals surface area contributed by atoms with Crippen LogP contribution in [0, 0.1) is 5.82 Å². The van der Waals surface area contributed by atoms with Crippen molar-refractivity contribution in [1.29, 1.82) is 0 Å². The van der Waals surface area contributed by atoms with E-state index >= 15 is 0 Å². The summed E-state index contributed by atoms with van der Waals surface area (Å²) in [5, 5.41) is 9.83. The topological polar surface area (TPSA) is 119 Å². The van der Waals surface area contributed by atoms with Gasteiger partial charge in [-0.1, -0.05) is 41.9 Å². The summed E-state index contributed by atoms with van der Waals surface area (Å²) in [7, 11) is 0. The van der Waals surface area contributed by atoms with E-state index in [2.05, 4.69) is 15.7 Å². The van der Waals surface area contributed by atoms with Crippen LogP contribution in [0.3, 0.4) is 0 Å². The van der Waals surface area contributed by atoms with Crippen molar-refractivity contribution in [2.24, 2.45) is 5.73 Å². The predicted molar refractivity (Wildman–Crippen MR) is 114 cm³/mol. The number of aromatic nitrogens is 2. The Bertz CT molecular complexity index is 1180. The van der Waals surface area contributed by atoms with Crippen LogP contribution in [-0.4, -0.2) is 33.0 Å². The van der Waals surface area contributed by atoms with Gasteiger partial charge < -0.3 is 16.4 Å². The minimum atomic E-state index is -1.29. The molecule has 10 heteroatoms. The van der Waals surface area contributed by atoms with Crippen LogP contribution in [0.1, 0.15) is 29.9 Å². The monoisotopic (exact) mass is 445 g/mol. The van der Waals surface area contributed by atoms with Gasteiger partial charge in [-0.25, -0.2) is 4.39 Å². The Labute approximate surface area is 182 Å². The summed E-state index contributed by atoms with van der Waals surface area (Å²) in [6, 6.07) is 11.4. The van der Waals surface area contributed by atoms with E-state index in [1.165, 1.54) is 30.7 Å². The van der Waals surface area contributed by atoms with Gasteiger partial charge in [-0.15, -0.1) is 0 Å². The quantitative estimate of drug-likeness (QED) is 0.516. The zero-order chi connectivity index (χ0) is 22.8. The highest BCUT2D eigenvalue weighted by atomic mass is 35.5. The molecule has 0 aliphatic rings. The lowest BCUT2D eigenvalue weighted by atomic mass is 10.0. The van der Waals surface area contributed by atoms with E-state index in [1.807, 2.05) is 0 Å². The number of hydrogen-bond acceptors (Lipinski definition) is 4. The number of carbonyl (C=O) groups is 3. The van der Waals surface area contributed by atoms with Gasteiger partial charge >= 0.3 is 0 Å². The predicted octanol–water partition coefficient (Wildman–Crippen LogP) is 2.14. The average molecular weight is 446 g/mol. The number of nitrogens with one attached hydrogen (secondary N) is 2. The number of rotatable bonds is 7. The van der Waals surface area contributed by atoms with E-state index in [1.54, 1.807) is 30.3 Å². The van der Waals surface area contributed by atoms with Gasteiger partial charge in [0.2, 0.25) is 11.8 Å². The molecule has 0 saturated heterocycles. The Morgan fingerprint density at radius 3 is 2.58 bits per heavy atom. The fourth-order valence-electron chi connectivity index (χ4n) is 3.09. The molecule has 0 saturated carbocycles. The molecule has 0 aliphatic heterocycles. The highest BCUT2D eigenvalue weighted by Crippen LogP contribution is 2.19. The SMILES string of the molecule is CC(C)(NC(=O)Cn1nc(C(N)=O)c2ccccc21)C(=O)NCc1cccc(Cl)c1F. The molecule has 31 heavy (non-hydrogen) atoms. The van der Waals surface area contributed by atoms with Gasteiger partial charge in [0.05, 0.1) is 10.5 Å². The Balaban J connectivity index is 1.68. The Hall–Kier alpha value is -3.46. The van der Waals surface area contributed by atoms with Crippen molar-refractivity contribution in [3.05, 3.63) is 64.6 Å². The molecule has 0 spiro atoms. The molecule has 0 radical (unpaired) electrons. The van der Waals surface area contributed by atoms with E-state index in [0.29, 0.717) is 10.9 Å². The number of fused-ring (bicyclic) bond motifs is 1. The lowest BCUT2D eigenvalue weighted by molar-refractivity contribution is -0.132. The number of hydrogen-bond donors (Lipinski definition) is 3. The van der Waals surface area contributed by atoms with Crippen LogP contribution < -0.4 is 16.4 Å². The van der Waals surface area contributed by atoms with Crippen LogP contribution in [0.4, 0.5) is 4.39 Å². The smallest absolute Gasteiger partial charge is 0.269 e. The van der Waals surface area contributed by atoms with Crippen LogP contribution in [-0.2, 0) is 22.7 Å². The average Bonchev–Trinajstić information content (AvgIpc) is 3.07. The standard InChI is InChI=1S/C21H21ClFN5O3/c1-21(2,20(31)25-10-12-6-5-8-14(22)17(12)23)26-16(29)11-28-15-9-4-3-7-13(15)18(27-28)19(24)30/h3-9H,10-11H2,1-2H3,(H2,24,30)(H,25,31)(H,26,29). The second kappa shape index (κ2) is 8.73. The highest BCUT2D eigenvalue weighted by Gasteiger charge is 2.30. The minimum absolute atomic E-state index is 0.0407. The first kappa shape index (κ1) is 22.2. The molecule has 2 aromatic carbocycles. The third-order valence-electron chi connectivity index (χ3n) is 4.68. The Morgan fingerprint density at radius 2 is 1.87 bits per heavy atom. The third-order valence-corrected chi connectivity index (χ3v) is 4.97. The van der Waals surface area contributed by atoms with E-state index < -0.39 is 29.1 Å². The van der Waals surface area contributed by atoms with Crippen molar-refractivity contribution < 1.29 is 18.8 Å². The lowest BCUT2D eigenvalue weighted by Gasteiger charge is -2.25. The molecule has 3 aromatic rings. The first-order valence-corrected chi connectivity index (χ1v) is 9.75. The molecule has 8 nitrogen and oxygen atoms in total. The molecule has 0 bridgehead atoms. The van der Waals surface area contributed by atoms with Gasteiger partial charge in [-0.05, 0) is 26.0 Å². The zero-order valence-corrected chi connectivity index (χ0v) is 17.7. The van der Waals surface area contributed by atoms with Gasteiger partial charge in [0.25, 0.3) is 5.91 Å². The molecule has 0 fully saturated rings. The molecule has 3 rings (SSSR count). The second-order valence-electron chi connectivity index (χ2n) is 7.46. The maximum absolute atomic E-state index is 14.0. The number of para-hydroxylation sites is 1. The number of nitrogens with zero attached hydrogens (tertiary/aromatic N) is 2. The van der Waals surface area contributed by atoms with E-state index in [-0.39, 0.29) is 29.4 Å². The summed E-state index contributed by atoms with van der Waals surface area (Å²) >= 11 is 5.75. The van der Waals surface area contributed by atoms with Gasteiger partial charge in [0.1, 0.15) is 17.9 Å². The third kappa shape index (κ3) is 4.83. The molecule has 3 amide bonds. The zero-order valence-electron chi connectivity index (χ0n) is 16.9. The van der Waals surface area contributed by atoms with Crippen LogP contribution in [0.15, 0.2) is 42.5 Å². The van der Waals surface area contributed by atoms with Crippen LogP contribution in [0.5, 0.6) is 0 Å². The summed E-state index contributed by atoms with van der Waals surface area (Å²) in [4.78, 5) is 36.8. The Kier molecular flexibility index (Phi) is 6.26. The molecule has 0 unspecified atom stereocenters.